The Morgan fingerprint density at radius 1 is 1.56 bits per heavy atom. The molecule has 0 aromatic heterocycles. The van der Waals surface area contributed by atoms with Crippen LogP contribution in [0.5, 0.6) is 0 Å². The van der Waals surface area contributed by atoms with E-state index in [1.54, 1.807) is 0 Å². The fraction of sp³-hybridized carbons (Fsp3) is 0.300. The second-order valence-electron chi connectivity index (χ2n) is 3.22. The summed E-state index contributed by atoms with van der Waals surface area (Å²) in [5.41, 5.74) is 0.172. The van der Waals surface area contributed by atoms with E-state index in [2.05, 4.69) is 5.32 Å². The highest BCUT2D eigenvalue weighted by molar-refractivity contribution is 6.32. The van der Waals surface area contributed by atoms with Gasteiger partial charge in [-0.2, -0.15) is 0 Å². The van der Waals surface area contributed by atoms with Gasteiger partial charge in [0.15, 0.2) is 0 Å². The van der Waals surface area contributed by atoms with Gasteiger partial charge < -0.3 is 5.32 Å². The van der Waals surface area contributed by atoms with Crippen molar-refractivity contribution in [3.05, 3.63) is 33.3 Å². The molecule has 0 fully saturated rings. The zero-order valence-corrected chi connectivity index (χ0v) is 9.45. The summed E-state index contributed by atoms with van der Waals surface area (Å²) in [6.07, 6.45) is 1.11. The molecule has 0 aliphatic heterocycles. The van der Waals surface area contributed by atoms with Crippen LogP contribution >= 0.6 is 11.6 Å². The highest BCUT2D eigenvalue weighted by Gasteiger charge is 2.13. The standard InChI is InChI=1S/C10H11ClN2O3/c1-2-3-10(14)12-7-4-5-8(11)9(6-7)13(15)16/h4-6H,2-3H2,1H3,(H,12,14). The lowest BCUT2D eigenvalue weighted by molar-refractivity contribution is -0.384. The zero-order chi connectivity index (χ0) is 12.1. The highest BCUT2D eigenvalue weighted by atomic mass is 35.5. The van der Waals surface area contributed by atoms with E-state index >= 15 is 0 Å². The number of carbonyl (C=O) groups is 1. The van der Waals surface area contributed by atoms with Crippen LogP contribution in [-0.4, -0.2) is 10.8 Å². The third-order valence-electron chi connectivity index (χ3n) is 1.90. The Balaban J connectivity index is 2.87. The summed E-state index contributed by atoms with van der Waals surface area (Å²) in [6.45, 7) is 1.88. The molecular formula is C10H11ClN2O3. The fourth-order valence-electron chi connectivity index (χ4n) is 1.18. The van der Waals surface area contributed by atoms with E-state index in [-0.39, 0.29) is 16.6 Å². The van der Waals surface area contributed by atoms with E-state index < -0.39 is 4.92 Å². The smallest absolute Gasteiger partial charge is 0.289 e. The first-order valence-electron chi connectivity index (χ1n) is 4.78. The van der Waals surface area contributed by atoms with Crippen molar-refractivity contribution in [3.8, 4) is 0 Å². The van der Waals surface area contributed by atoms with Crippen LogP contribution < -0.4 is 5.32 Å². The largest absolute Gasteiger partial charge is 0.326 e. The van der Waals surface area contributed by atoms with Crippen molar-refractivity contribution in [1.29, 1.82) is 0 Å². The Labute approximate surface area is 97.6 Å². The molecule has 0 unspecified atom stereocenters. The van der Waals surface area contributed by atoms with Crippen molar-refractivity contribution in [2.45, 2.75) is 19.8 Å². The molecule has 1 aromatic carbocycles. The van der Waals surface area contributed by atoms with Gasteiger partial charge in [0, 0.05) is 18.2 Å². The maximum Gasteiger partial charge on any atom is 0.289 e. The number of anilines is 1. The van der Waals surface area contributed by atoms with Gasteiger partial charge in [0.25, 0.3) is 5.69 Å². The minimum Gasteiger partial charge on any atom is -0.326 e. The average molecular weight is 243 g/mol. The molecular weight excluding hydrogens is 232 g/mol. The van der Waals surface area contributed by atoms with Crippen molar-refractivity contribution in [1.82, 2.24) is 0 Å². The molecule has 0 radical (unpaired) electrons. The topological polar surface area (TPSA) is 72.2 Å². The summed E-state index contributed by atoms with van der Waals surface area (Å²) in [6, 6.07) is 4.17. The van der Waals surface area contributed by atoms with Crippen molar-refractivity contribution in [2.24, 2.45) is 0 Å². The number of hydrogen-bond donors (Lipinski definition) is 1. The second kappa shape index (κ2) is 5.46. The third-order valence-corrected chi connectivity index (χ3v) is 2.22. The van der Waals surface area contributed by atoms with Crippen LogP contribution in [0.15, 0.2) is 18.2 Å². The van der Waals surface area contributed by atoms with Gasteiger partial charge in [-0.05, 0) is 18.6 Å². The molecule has 86 valence electrons. The lowest BCUT2D eigenvalue weighted by atomic mass is 10.2. The summed E-state index contributed by atoms with van der Waals surface area (Å²) in [7, 11) is 0. The minimum atomic E-state index is -0.586. The average Bonchev–Trinajstić information content (AvgIpc) is 2.21. The van der Waals surface area contributed by atoms with Crippen LogP contribution in [0.1, 0.15) is 19.8 Å². The van der Waals surface area contributed by atoms with Crippen molar-refractivity contribution in [2.75, 3.05) is 5.32 Å². The summed E-state index contributed by atoms with van der Waals surface area (Å²) in [5.74, 6) is -0.167. The van der Waals surface area contributed by atoms with Gasteiger partial charge in [-0.3, -0.25) is 14.9 Å². The van der Waals surface area contributed by atoms with E-state index in [4.69, 9.17) is 11.6 Å². The normalized spacial score (nSPS) is 9.88. The molecule has 1 rings (SSSR count). The molecule has 0 saturated carbocycles. The molecule has 16 heavy (non-hydrogen) atoms. The van der Waals surface area contributed by atoms with Gasteiger partial charge >= 0.3 is 0 Å². The van der Waals surface area contributed by atoms with E-state index in [1.165, 1.54) is 18.2 Å². The quantitative estimate of drug-likeness (QED) is 0.652. The lowest BCUT2D eigenvalue weighted by Gasteiger charge is -2.04. The molecule has 0 atom stereocenters. The summed E-state index contributed by atoms with van der Waals surface area (Å²) in [4.78, 5) is 21.3. The Kier molecular flexibility index (Phi) is 4.25. The van der Waals surface area contributed by atoms with Gasteiger partial charge in [0.05, 0.1) is 4.92 Å². The van der Waals surface area contributed by atoms with Crippen LogP contribution in [-0.2, 0) is 4.79 Å². The van der Waals surface area contributed by atoms with Gasteiger partial charge in [-0.15, -0.1) is 0 Å². The third kappa shape index (κ3) is 3.20. The molecule has 1 amide bonds. The number of nitrogens with zero attached hydrogens (tertiary/aromatic N) is 1. The maximum atomic E-state index is 11.3. The summed E-state index contributed by atoms with van der Waals surface area (Å²) in [5, 5.41) is 13.2. The molecule has 0 spiro atoms. The zero-order valence-electron chi connectivity index (χ0n) is 8.70. The van der Waals surface area contributed by atoms with Crippen LogP contribution in [0, 0.1) is 10.1 Å². The number of amides is 1. The second-order valence-corrected chi connectivity index (χ2v) is 3.63. The van der Waals surface area contributed by atoms with Crippen LogP contribution in [0.25, 0.3) is 0 Å². The molecule has 6 heteroatoms. The number of benzene rings is 1. The number of carbonyl (C=O) groups excluding carboxylic acids is 1. The molecule has 0 saturated heterocycles. The highest BCUT2D eigenvalue weighted by Crippen LogP contribution is 2.27. The van der Waals surface area contributed by atoms with Gasteiger partial charge in [0.2, 0.25) is 5.91 Å². The first kappa shape index (κ1) is 12.4. The van der Waals surface area contributed by atoms with Crippen molar-refractivity contribution >= 4 is 28.9 Å². The molecule has 0 aliphatic rings. The molecule has 0 aliphatic carbocycles. The minimum absolute atomic E-state index is 0.0542. The molecule has 1 aromatic rings. The first-order chi connectivity index (χ1) is 7.54. The molecule has 0 heterocycles. The number of halogens is 1. The Hall–Kier alpha value is -1.62. The maximum absolute atomic E-state index is 11.3. The lowest BCUT2D eigenvalue weighted by Crippen LogP contribution is -2.10. The molecule has 5 nitrogen and oxygen atoms in total. The van der Waals surface area contributed by atoms with Crippen molar-refractivity contribution < 1.29 is 9.72 Å². The summed E-state index contributed by atoms with van der Waals surface area (Å²) >= 11 is 5.63. The first-order valence-corrected chi connectivity index (χ1v) is 5.16. The SMILES string of the molecule is CCCC(=O)Nc1ccc(Cl)c([N+](=O)[O-])c1. The Bertz CT molecular complexity index is 421. The van der Waals surface area contributed by atoms with Crippen LogP contribution in [0.4, 0.5) is 11.4 Å². The van der Waals surface area contributed by atoms with E-state index in [0.717, 1.165) is 6.42 Å². The predicted molar refractivity (Wildman–Crippen MR) is 61.6 cm³/mol. The van der Waals surface area contributed by atoms with Crippen molar-refractivity contribution in [3.63, 3.8) is 0 Å². The van der Waals surface area contributed by atoms with Gasteiger partial charge in [-0.1, -0.05) is 18.5 Å². The van der Waals surface area contributed by atoms with Gasteiger partial charge in [0.1, 0.15) is 5.02 Å². The van der Waals surface area contributed by atoms with Crippen LogP contribution in [0.3, 0.4) is 0 Å². The number of nitro groups is 1. The van der Waals surface area contributed by atoms with Gasteiger partial charge in [-0.25, -0.2) is 0 Å². The predicted octanol–water partition coefficient (Wildman–Crippen LogP) is 2.99. The van der Waals surface area contributed by atoms with E-state index in [0.29, 0.717) is 12.1 Å². The number of hydrogen-bond acceptors (Lipinski definition) is 3. The number of rotatable bonds is 4. The van der Waals surface area contributed by atoms with E-state index in [9.17, 15) is 14.9 Å². The number of nitrogens with one attached hydrogen (secondary N) is 1. The Morgan fingerprint density at radius 3 is 2.81 bits per heavy atom. The molecule has 1 N–H and O–H groups in total. The Morgan fingerprint density at radius 2 is 2.25 bits per heavy atom. The van der Waals surface area contributed by atoms with E-state index in [1.807, 2.05) is 6.92 Å². The molecule has 0 bridgehead atoms. The van der Waals surface area contributed by atoms with Crippen LogP contribution in [0.2, 0.25) is 5.02 Å². The summed E-state index contributed by atoms with van der Waals surface area (Å²) < 4.78 is 0. The monoisotopic (exact) mass is 242 g/mol. The fourth-order valence-corrected chi connectivity index (χ4v) is 1.37. The number of nitro benzene ring substituents is 1.